The minimum absolute atomic E-state index is 0.140. The summed E-state index contributed by atoms with van der Waals surface area (Å²) in [5.74, 6) is 0.900. The van der Waals surface area contributed by atoms with Gasteiger partial charge in [0.2, 0.25) is 5.95 Å². The Labute approximate surface area is 162 Å². The molecule has 1 aromatic carbocycles. The second kappa shape index (κ2) is 8.41. The first-order valence-corrected chi connectivity index (χ1v) is 8.98. The Hall–Kier alpha value is -2.58. The number of rotatable bonds is 5. The number of aromatic nitrogens is 2. The van der Waals surface area contributed by atoms with Crippen LogP contribution in [0.3, 0.4) is 0 Å². The number of halogens is 1. The maximum absolute atomic E-state index is 10.9. The standard InChI is InChI=1S/C18H22ClN5O3/c1-11-7-17(23-18(21)22-11)24-5-2-6-26-9-15(24)13-4-3-12(8-14(13)19)27-10-16(20)25/h3-4,7-8,15H,2,5-6,9-10H2,1H3,(H2,20,25)(H2,21,22,23). The van der Waals surface area contributed by atoms with E-state index in [1.807, 2.05) is 19.1 Å². The van der Waals surface area contributed by atoms with E-state index in [4.69, 9.17) is 32.5 Å². The summed E-state index contributed by atoms with van der Waals surface area (Å²) in [7, 11) is 0. The average Bonchev–Trinajstić information content (AvgIpc) is 2.85. The summed E-state index contributed by atoms with van der Waals surface area (Å²) >= 11 is 6.51. The SMILES string of the molecule is Cc1cc(N2CCCOCC2c2ccc(OCC(N)=O)cc2Cl)nc(N)n1. The molecule has 1 unspecified atom stereocenters. The van der Waals surface area contributed by atoms with E-state index in [-0.39, 0.29) is 18.6 Å². The zero-order valence-electron chi connectivity index (χ0n) is 15.0. The number of amides is 1. The van der Waals surface area contributed by atoms with Crippen molar-refractivity contribution >= 4 is 29.3 Å². The van der Waals surface area contributed by atoms with E-state index in [0.717, 1.165) is 30.0 Å². The highest BCUT2D eigenvalue weighted by molar-refractivity contribution is 6.31. The second-order valence-corrected chi connectivity index (χ2v) is 6.71. The molecule has 9 heteroatoms. The Morgan fingerprint density at radius 2 is 2.22 bits per heavy atom. The number of primary amides is 1. The molecule has 1 aliphatic rings. The fourth-order valence-electron chi connectivity index (χ4n) is 3.05. The second-order valence-electron chi connectivity index (χ2n) is 6.30. The molecular formula is C18H22ClN5O3. The predicted octanol–water partition coefficient (Wildman–Crippen LogP) is 1.85. The summed E-state index contributed by atoms with van der Waals surface area (Å²) in [6, 6.07) is 7.05. The van der Waals surface area contributed by atoms with Gasteiger partial charge in [0.1, 0.15) is 11.6 Å². The van der Waals surface area contributed by atoms with Gasteiger partial charge in [0, 0.05) is 29.9 Å². The van der Waals surface area contributed by atoms with Crippen molar-refractivity contribution in [1.29, 1.82) is 0 Å². The fraction of sp³-hybridized carbons (Fsp3) is 0.389. The van der Waals surface area contributed by atoms with E-state index in [1.165, 1.54) is 0 Å². The first-order valence-electron chi connectivity index (χ1n) is 8.60. The molecule has 1 amide bonds. The first kappa shape index (κ1) is 19.2. The van der Waals surface area contributed by atoms with Gasteiger partial charge in [0.25, 0.3) is 5.91 Å². The van der Waals surface area contributed by atoms with Crippen molar-refractivity contribution < 1.29 is 14.3 Å². The topological polar surface area (TPSA) is 117 Å². The van der Waals surface area contributed by atoms with Crippen LogP contribution in [0.4, 0.5) is 11.8 Å². The van der Waals surface area contributed by atoms with Crippen LogP contribution < -0.4 is 21.1 Å². The predicted molar refractivity (Wildman–Crippen MR) is 103 cm³/mol. The van der Waals surface area contributed by atoms with Crippen LogP contribution in [-0.2, 0) is 9.53 Å². The summed E-state index contributed by atoms with van der Waals surface area (Å²) < 4.78 is 11.1. The molecule has 1 aliphatic heterocycles. The van der Waals surface area contributed by atoms with Crippen molar-refractivity contribution in [3.8, 4) is 5.75 Å². The number of aryl methyl sites for hydroxylation is 1. The summed E-state index contributed by atoms with van der Waals surface area (Å²) in [4.78, 5) is 21.5. The molecule has 0 radical (unpaired) electrons. The monoisotopic (exact) mass is 391 g/mol. The van der Waals surface area contributed by atoms with Crippen molar-refractivity contribution in [2.24, 2.45) is 5.73 Å². The largest absolute Gasteiger partial charge is 0.484 e. The Balaban J connectivity index is 1.92. The lowest BCUT2D eigenvalue weighted by molar-refractivity contribution is -0.119. The third-order valence-corrected chi connectivity index (χ3v) is 4.53. The van der Waals surface area contributed by atoms with E-state index in [9.17, 15) is 4.79 Å². The van der Waals surface area contributed by atoms with Crippen LogP contribution in [0.2, 0.25) is 5.02 Å². The number of carbonyl (C=O) groups excluding carboxylic acids is 1. The van der Waals surface area contributed by atoms with Crippen LogP contribution in [0.5, 0.6) is 5.75 Å². The Bertz CT molecular complexity index is 812. The van der Waals surface area contributed by atoms with Crippen LogP contribution >= 0.6 is 11.6 Å². The first-order chi connectivity index (χ1) is 12.9. The highest BCUT2D eigenvalue weighted by Crippen LogP contribution is 2.34. The lowest BCUT2D eigenvalue weighted by atomic mass is 10.1. The van der Waals surface area contributed by atoms with Gasteiger partial charge in [-0.2, -0.15) is 4.98 Å². The molecule has 1 aromatic heterocycles. The molecule has 8 nitrogen and oxygen atoms in total. The zero-order chi connectivity index (χ0) is 19.4. The lowest BCUT2D eigenvalue weighted by Crippen LogP contribution is -2.32. The molecular weight excluding hydrogens is 370 g/mol. The van der Waals surface area contributed by atoms with Gasteiger partial charge in [-0.15, -0.1) is 0 Å². The van der Waals surface area contributed by atoms with Crippen molar-refractivity contribution in [3.05, 3.63) is 40.5 Å². The van der Waals surface area contributed by atoms with E-state index < -0.39 is 5.91 Å². The number of nitrogens with two attached hydrogens (primary N) is 2. The van der Waals surface area contributed by atoms with Crippen molar-refractivity contribution in [2.45, 2.75) is 19.4 Å². The van der Waals surface area contributed by atoms with Crippen molar-refractivity contribution in [2.75, 3.05) is 37.0 Å². The number of nitrogens with zero attached hydrogens (tertiary/aromatic N) is 3. The highest BCUT2D eigenvalue weighted by atomic mass is 35.5. The molecule has 144 valence electrons. The fourth-order valence-corrected chi connectivity index (χ4v) is 3.35. The summed E-state index contributed by atoms with van der Waals surface area (Å²) in [5, 5.41) is 0.510. The minimum Gasteiger partial charge on any atom is -0.484 e. The van der Waals surface area contributed by atoms with Gasteiger partial charge in [0.05, 0.1) is 12.6 Å². The third-order valence-electron chi connectivity index (χ3n) is 4.20. The lowest BCUT2D eigenvalue weighted by Gasteiger charge is -2.31. The smallest absolute Gasteiger partial charge is 0.255 e. The average molecular weight is 392 g/mol. The maximum Gasteiger partial charge on any atom is 0.255 e. The number of hydrogen-bond acceptors (Lipinski definition) is 7. The molecule has 0 saturated carbocycles. The number of nitrogen functional groups attached to an aromatic ring is 1. The highest BCUT2D eigenvalue weighted by Gasteiger charge is 2.27. The van der Waals surface area contributed by atoms with Gasteiger partial charge in [-0.25, -0.2) is 4.98 Å². The van der Waals surface area contributed by atoms with E-state index in [1.54, 1.807) is 12.1 Å². The molecule has 0 aliphatic carbocycles. The Morgan fingerprint density at radius 3 is 2.93 bits per heavy atom. The number of benzene rings is 1. The number of hydrogen-bond donors (Lipinski definition) is 2. The summed E-state index contributed by atoms with van der Waals surface area (Å²) in [6.45, 7) is 3.54. The molecule has 2 heterocycles. The number of carbonyl (C=O) groups is 1. The maximum atomic E-state index is 10.9. The summed E-state index contributed by atoms with van der Waals surface area (Å²) in [5.41, 5.74) is 12.6. The number of ether oxygens (including phenoxy) is 2. The third kappa shape index (κ3) is 4.78. The van der Waals surface area contributed by atoms with Crippen LogP contribution in [0.25, 0.3) is 0 Å². The van der Waals surface area contributed by atoms with Gasteiger partial charge >= 0.3 is 0 Å². The molecule has 0 bridgehead atoms. The van der Waals surface area contributed by atoms with E-state index >= 15 is 0 Å². The normalized spacial score (nSPS) is 17.4. The van der Waals surface area contributed by atoms with Gasteiger partial charge in [-0.3, -0.25) is 4.79 Å². The van der Waals surface area contributed by atoms with Gasteiger partial charge in [-0.1, -0.05) is 17.7 Å². The zero-order valence-corrected chi connectivity index (χ0v) is 15.8. The van der Waals surface area contributed by atoms with Crippen LogP contribution in [-0.4, -0.2) is 42.2 Å². The van der Waals surface area contributed by atoms with Crippen LogP contribution in [0, 0.1) is 6.92 Å². The van der Waals surface area contributed by atoms with Crippen LogP contribution in [0.15, 0.2) is 24.3 Å². The van der Waals surface area contributed by atoms with E-state index in [2.05, 4.69) is 14.9 Å². The van der Waals surface area contributed by atoms with Gasteiger partial charge < -0.3 is 25.8 Å². The molecule has 1 saturated heterocycles. The Morgan fingerprint density at radius 1 is 1.41 bits per heavy atom. The van der Waals surface area contributed by atoms with E-state index in [0.29, 0.717) is 24.0 Å². The molecule has 1 fully saturated rings. The molecule has 27 heavy (non-hydrogen) atoms. The van der Waals surface area contributed by atoms with Gasteiger partial charge in [0.15, 0.2) is 6.61 Å². The molecule has 0 spiro atoms. The molecule has 3 rings (SSSR count). The Kier molecular flexibility index (Phi) is 5.98. The minimum atomic E-state index is -0.546. The van der Waals surface area contributed by atoms with Crippen molar-refractivity contribution in [3.63, 3.8) is 0 Å². The quantitative estimate of drug-likeness (QED) is 0.798. The van der Waals surface area contributed by atoms with Crippen LogP contribution in [0.1, 0.15) is 23.7 Å². The molecule has 1 atom stereocenters. The molecule has 2 aromatic rings. The number of anilines is 2. The van der Waals surface area contributed by atoms with Crippen molar-refractivity contribution in [1.82, 2.24) is 9.97 Å². The summed E-state index contributed by atoms with van der Waals surface area (Å²) in [6.07, 6.45) is 0.858. The van der Waals surface area contributed by atoms with Gasteiger partial charge in [-0.05, 0) is 31.0 Å². The molecule has 4 N–H and O–H groups in total.